The van der Waals surface area contributed by atoms with E-state index in [-0.39, 0.29) is 23.7 Å². The highest BCUT2D eigenvalue weighted by Gasteiger charge is 2.25. The first kappa shape index (κ1) is 21.7. The number of amides is 1. The minimum Gasteiger partial charge on any atom is -0.351 e. The van der Waals surface area contributed by atoms with Crippen LogP contribution in [0.4, 0.5) is 8.78 Å². The van der Waals surface area contributed by atoms with E-state index in [0.29, 0.717) is 12.1 Å². The zero-order valence-corrected chi connectivity index (χ0v) is 17.9. The van der Waals surface area contributed by atoms with Gasteiger partial charge in [0.1, 0.15) is 17.8 Å². The lowest BCUT2D eigenvalue weighted by atomic mass is 10.1. The van der Waals surface area contributed by atoms with E-state index in [1.165, 1.54) is 36.4 Å². The van der Waals surface area contributed by atoms with E-state index in [1.54, 1.807) is 24.1 Å². The fraction of sp³-hybridized carbons (Fsp3) is 0.364. The van der Waals surface area contributed by atoms with Gasteiger partial charge in [0.15, 0.2) is 5.17 Å². The number of halogens is 2. The normalized spacial score (nSPS) is 19.4. The predicted octanol–water partition coefficient (Wildman–Crippen LogP) is 2.49. The Morgan fingerprint density at radius 2 is 1.68 bits per heavy atom. The molecule has 1 fully saturated rings. The molecule has 2 heterocycles. The van der Waals surface area contributed by atoms with E-state index in [2.05, 4.69) is 19.8 Å². The van der Waals surface area contributed by atoms with Gasteiger partial charge in [-0.25, -0.2) is 18.5 Å². The van der Waals surface area contributed by atoms with Crippen LogP contribution in [0.1, 0.15) is 15.9 Å². The van der Waals surface area contributed by atoms with Gasteiger partial charge in [-0.2, -0.15) is 0 Å². The number of benzene rings is 2. The largest absolute Gasteiger partial charge is 0.351 e. The van der Waals surface area contributed by atoms with Crippen LogP contribution in [-0.4, -0.2) is 66.3 Å². The van der Waals surface area contributed by atoms with Gasteiger partial charge < -0.3 is 10.2 Å². The maximum atomic E-state index is 13.1. The Morgan fingerprint density at radius 3 is 2.35 bits per heavy atom. The van der Waals surface area contributed by atoms with Gasteiger partial charge in [0.2, 0.25) is 0 Å². The molecule has 0 bridgehead atoms. The van der Waals surface area contributed by atoms with Crippen LogP contribution < -0.4 is 10.0 Å². The molecule has 2 aliphatic heterocycles. The molecule has 0 aliphatic carbocycles. The molecular weight excluding hydrogens is 420 g/mol. The molecule has 1 amide bonds. The van der Waals surface area contributed by atoms with Gasteiger partial charge in [0.05, 0.1) is 0 Å². The first-order chi connectivity index (χ1) is 15.1. The van der Waals surface area contributed by atoms with Crippen LogP contribution in [-0.2, 0) is 6.42 Å². The first-order valence-electron chi connectivity index (χ1n) is 10.3. The molecule has 2 aromatic carbocycles. The molecule has 1 atom stereocenters. The van der Waals surface area contributed by atoms with Crippen LogP contribution in [0.15, 0.2) is 53.5 Å². The average Bonchev–Trinajstić information content (AvgIpc) is 3.25. The zero-order valence-electron chi connectivity index (χ0n) is 17.1. The van der Waals surface area contributed by atoms with Crippen LogP contribution >= 0.6 is 11.9 Å². The highest BCUT2D eigenvalue weighted by atomic mass is 32.2. The Bertz CT molecular complexity index is 915. The number of hydrogen-bond acceptors (Lipinski definition) is 6. The van der Waals surface area contributed by atoms with Crippen molar-refractivity contribution < 1.29 is 13.6 Å². The SMILES string of the molecule is O=C(NCCN1CCN(C2=NC(Cc3ccc(F)cc3)NS2)CC1)c1ccc(F)cc1. The molecule has 2 aromatic rings. The van der Waals surface area contributed by atoms with Crippen molar-refractivity contribution in [3.05, 3.63) is 71.3 Å². The van der Waals surface area contributed by atoms with Gasteiger partial charge in [-0.3, -0.25) is 9.69 Å². The number of amidine groups is 1. The van der Waals surface area contributed by atoms with Crippen LogP contribution in [0.5, 0.6) is 0 Å². The quantitative estimate of drug-likeness (QED) is 0.669. The Labute approximate surface area is 184 Å². The smallest absolute Gasteiger partial charge is 0.251 e. The van der Waals surface area contributed by atoms with E-state index < -0.39 is 0 Å². The second-order valence-corrected chi connectivity index (χ2v) is 8.37. The van der Waals surface area contributed by atoms with Crippen molar-refractivity contribution in [1.29, 1.82) is 0 Å². The fourth-order valence-electron chi connectivity index (χ4n) is 3.58. The summed E-state index contributed by atoms with van der Waals surface area (Å²) >= 11 is 1.55. The molecule has 6 nitrogen and oxygen atoms in total. The van der Waals surface area contributed by atoms with E-state index in [4.69, 9.17) is 4.99 Å². The molecule has 2 aliphatic rings. The predicted molar refractivity (Wildman–Crippen MR) is 119 cm³/mol. The van der Waals surface area contributed by atoms with Crippen molar-refractivity contribution in [1.82, 2.24) is 19.8 Å². The summed E-state index contributed by atoms with van der Waals surface area (Å²) in [7, 11) is 0. The van der Waals surface area contributed by atoms with Gasteiger partial charge >= 0.3 is 0 Å². The molecule has 0 radical (unpaired) electrons. The second kappa shape index (κ2) is 10.2. The van der Waals surface area contributed by atoms with Crippen LogP contribution in [0.3, 0.4) is 0 Å². The van der Waals surface area contributed by atoms with Crippen LogP contribution in [0.25, 0.3) is 0 Å². The van der Waals surface area contributed by atoms with E-state index in [1.807, 2.05) is 0 Å². The number of carbonyl (C=O) groups excluding carboxylic acids is 1. The van der Waals surface area contributed by atoms with E-state index in [0.717, 1.165) is 49.9 Å². The summed E-state index contributed by atoms with van der Waals surface area (Å²) < 4.78 is 29.3. The molecule has 1 saturated heterocycles. The standard InChI is InChI=1S/C22H25F2N5OS/c23-18-5-1-16(2-6-18)15-20-26-22(31-27-20)29-13-11-28(12-14-29)10-9-25-21(30)17-3-7-19(24)8-4-17/h1-8,20,27H,9-15H2,(H,25,30). The summed E-state index contributed by atoms with van der Waals surface area (Å²) in [6, 6.07) is 12.1. The van der Waals surface area contributed by atoms with Gasteiger partial charge in [-0.15, -0.1) is 0 Å². The summed E-state index contributed by atoms with van der Waals surface area (Å²) in [5, 5.41) is 3.88. The third kappa shape index (κ3) is 6.03. The van der Waals surface area contributed by atoms with E-state index >= 15 is 0 Å². The summed E-state index contributed by atoms with van der Waals surface area (Å²) in [6.07, 6.45) is 0.718. The summed E-state index contributed by atoms with van der Waals surface area (Å²) in [5.41, 5.74) is 1.52. The Balaban J connectivity index is 1.18. The Hall–Kier alpha value is -2.49. The van der Waals surface area contributed by atoms with Crippen molar-refractivity contribution in [2.75, 3.05) is 39.3 Å². The third-order valence-electron chi connectivity index (χ3n) is 5.36. The highest BCUT2D eigenvalue weighted by Crippen LogP contribution is 2.20. The van der Waals surface area contributed by atoms with Gasteiger partial charge in [0.25, 0.3) is 5.91 Å². The highest BCUT2D eigenvalue weighted by molar-refractivity contribution is 8.12. The number of nitrogens with one attached hydrogen (secondary N) is 2. The average molecular weight is 446 g/mol. The van der Waals surface area contributed by atoms with Crippen LogP contribution in [0.2, 0.25) is 0 Å². The maximum absolute atomic E-state index is 13.1. The summed E-state index contributed by atoms with van der Waals surface area (Å²) in [6.45, 7) is 4.87. The first-order valence-corrected chi connectivity index (χ1v) is 11.1. The maximum Gasteiger partial charge on any atom is 0.251 e. The molecule has 9 heteroatoms. The number of carbonyl (C=O) groups is 1. The lowest BCUT2D eigenvalue weighted by molar-refractivity contribution is 0.0944. The number of nitrogens with zero attached hydrogens (tertiary/aromatic N) is 3. The van der Waals surface area contributed by atoms with Crippen molar-refractivity contribution in [3.63, 3.8) is 0 Å². The molecule has 0 saturated carbocycles. The third-order valence-corrected chi connectivity index (χ3v) is 6.29. The lowest BCUT2D eigenvalue weighted by Gasteiger charge is -2.35. The molecule has 164 valence electrons. The topological polar surface area (TPSA) is 60.0 Å². The van der Waals surface area contributed by atoms with Crippen LogP contribution in [0, 0.1) is 11.6 Å². The molecule has 0 aromatic heterocycles. The van der Waals surface area contributed by atoms with Gasteiger partial charge in [-0.1, -0.05) is 12.1 Å². The van der Waals surface area contributed by atoms with Crippen molar-refractivity contribution in [3.8, 4) is 0 Å². The summed E-state index contributed by atoms with van der Waals surface area (Å²) in [4.78, 5) is 21.5. The number of aliphatic imine (C=N–C) groups is 1. The summed E-state index contributed by atoms with van der Waals surface area (Å²) in [5.74, 6) is -0.764. The van der Waals surface area contributed by atoms with Crippen molar-refractivity contribution in [2.45, 2.75) is 12.6 Å². The molecular formula is C22H25F2N5OS. The molecule has 31 heavy (non-hydrogen) atoms. The van der Waals surface area contributed by atoms with Crippen molar-refractivity contribution in [2.24, 2.45) is 4.99 Å². The molecule has 1 unspecified atom stereocenters. The number of rotatable bonds is 6. The zero-order chi connectivity index (χ0) is 21.6. The number of piperazine rings is 1. The van der Waals surface area contributed by atoms with E-state index in [9.17, 15) is 13.6 Å². The Morgan fingerprint density at radius 1 is 1.03 bits per heavy atom. The fourth-order valence-corrected chi connectivity index (χ4v) is 4.45. The van der Waals surface area contributed by atoms with Gasteiger partial charge in [0, 0.05) is 51.3 Å². The van der Waals surface area contributed by atoms with Gasteiger partial charge in [-0.05, 0) is 53.9 Å². The second-order valence-electron chi connectivity index (χ2n) is 7.57. The lowest BCUT2D eigenvalue weighted by Crippen LogP contribution is -2.49. The molecule has 4 rings (SSSR count). The molecule has 2 N–H and O–H groups in total. The monoisotopic (exact) mass is 445 g/mol. The minimum absolute atomic E-state index is 0.00911. The molecule has 0 spiro atoms. The number of hydrogen-bond donors (Lipinski definition) is 2. The minimum atomic E-state index is -0.351. The Kier molecular flexibility index (Phi) is 7.16. The van der Waals surface area contributed by atoms with Crippen molar-refractivity contribution >= 4 is 23.0 Å².